The average molecular weight is 395 g/mol. The number of benzene rings is 3. The number of primary amides is 1. The fraction of sp³-hybridized carbons (Fsp3) is 0. The number of aromatic nitrogens is 3. The third-order valence-corrected chi connectivity index (χ3v) is 4.94. The summed E-state index contributed by atoms with van der Waals surface area (Å²) in [6.07, 6.45) is 0. The predicted octanol–water partition coefficient (Wildman–Crippen LogP) is 4.02. The van der Waals surface area contributed by atoms with E-state index in [0.717, 1.165) is 16.6 Å². The minimum atomic E-state index is -0.543. The Morgan fingerprint density at radius 3 is 2.43 bits per heavy atom. The van der Waals surface area contributed by atoms with Gasteiger partial charge in [0.15, 0.2) is 5.88 Å². The standard InChI is InChI=1S/C23H17N5O2/c24-21(29)14-10-11-16-15(12-14)19(22(30)25-16)20(13-6-2-1-3-7-13)28-23-26-17-8-4-5-9-18(17)27-23/h1-12,25,30H,(H2,24,29)(H,26,27)/b28-20+. The number of para-hydroxylation sites is 2. The van der Waals surface area contributed by atoms with Crippen LogP contribution in [0.3, 0.4) is 0 Å². The molecule has 0 spiro atoms. The molecule has 0 fully saturated rings. The van der Waals surface area contributed by atoms with E-state index in [2.05, 4.69) is 15.0 Å². The number of nitrogens with two attached hydrogens (primary N) is 1. The van der Waals surface area contributed by atoms with E-state index >= 15 is 0 Å². The maximum absolute atomic E-state index is 11.7. The Morgan fingerprint density at radius 2 is 1.67 bits per heavy atom. The summed E-state index contributed by atoms with van der Waals surface area (Å²) in [5, 5.41) is 11.4. The Labute approximate surface area is 170 Å². The van der Waals surface area contributed by atoms with Gasteiger partial charge in [-0.05, 0) is 30.3 Å². The smallest absolute Gasteiger partial charge is 0.248 e. The normalized spacial score (nSPS) is 11.9. The molecule has 5 aromatic rings. The van der Waals surface area contributed by atoms with Crippen molar-refractivity contribution in [3.05, 3.63) is 89.5 Å². The summed E-state index contributed by atoms with van der Waals surface area (Å²) < 4.78 is 0. The molecule has 7 heteroatoms. The first-order valence-electron chi connectivity index (χ1n) is 9.34. The maximum Gasteiger partial charge on any atom is 0.248 e. The number of carbonyl (C=O) groups is 1. The van der Waals surface area contributed by atoms with Crippen LogP contribution in [0.15, 0.2) is 77.8 Å². The highest BCUT2D eigenvalue weighted by molar-refractivity contribution is 6.22. The molecule has 7 nitrogen and oxygen atoms in total. The van der Waals surface area contributed by atoms with Gasteiger partial charge in [-0.1, -0.05) is 42.5 Å². The lowest BCUT2D eigenvalue weighted by Gasteiger charge is -2.07. The molecular weight excluding hydrogens is 378 g/mol. The molecule has 146 valence electrons. The number of fused-ring (bicyclic) bond motifs is 2. The quantitative estimate of drug-likeness (QED) is 0.344. The molecule has 0 radical (unpaired) electrons. The molecule has 0 aliphatic carbocycles. The molecule has 30 heavy (non-hydrogen) atoms. The number of hydrogen-bond acceptors (Lipinski definition) is 4. The summed E-state index contributed by atoms with van der Waals surface area (Å²) in [6.45, 7) is 0. The summed E-state index contributed by atoms with van der Waals surface area (Å²) in [4.78, 5) is 27.1. The molecule has 3 aromatic carbocycles. The Kier molecular flexibility index (Phi) is 4.07. The number of carbonyl (C=O) groups excluding carboxylic acids is 1. The molecule has 5 rings (SSSR count). The van der Waals surface area contributed by atoms with E-state index in [9.17, 15) is 9.90 Å². The number of nitrogens with zero attached hydrogens (tertiary/aromatic N) is 2. The van der Waals surface area contributed by atoms with Gasteiger partial charge in [0.05, 0.1) is 22.3 Å². The molecule has 5 N–H and O–H groups in total. The van der Waals surface area contributed by atoms with Crippen LogP contribution in [0, 0.1) is 0 Å². The van der Waals surface area contributed by atoms with Crippen molar-refractivity contribution < 1.29 is 9.90 Å². The molecule has 2 heterocycles. The van der Waals surface area contributed by atoms with Gasteiger partial charge >= 0.3 is 0 Å². The van der Waals surface area contributed by atoms with Crippen LogP contribution in [0.5, 0.6) is 5.88 Å². The third-order valence-electron chi connectivity index (χ3n) is 4.94. The Morgan fingerprint density at radius 1 is 0.900 bits per heavy atom. The van der Waals surface area contributed by atoms with E-state index in [1.165, 1.54) is 0 Å². The van der Waals surface area contributed by atoms with Crippen LogP contribution >= 0.6 is 0 Å². The summed E-state index contributed by atoms with van der Waals surface area (Å²) in [6, 6.07) is 22.1. The van der Waals surface area contributed by atoms with Crippen molar-refractivity contribution in [2.75, 3.05) is 0 Å². The van der Waals surface area contributed by atoms with Crippen LogP contribution in [0.25, 0.3) is 21.9 Å². The monoisotopic (exact) mass is 395 g/mol. The van der Waals surface area contributed by atoms with Crippen LogP contribution in [0.4, 0.5) is 5.95 Å². The van der Waals surface area contributed by atoms with Crippen molar-refractivity contribution >= 4 is 39.5 Å². The van der Waals surface area contributed by atoms with Gasteiger partial charge in [0, 0.05) is 22.0 Å². The SMILES string of the molecule is NC(=O)c1ccc2[nH]c(O)c(/C(=N/c3nc4ccccc4[nH]3)c3ccccc3)c2c1. The molecule has 0 unspecified atom stereocenters. The number of amides is 1. The highest BCUT2D eigenvalue weighted by Crippen LogP contribution is 2.32. The minimum absolute atomic E-state index is 0.0506. The Bertz CT molecular complexity index is 1400. The van der Waals surface area contributed by atoms with Gasteiger partial charge < -0.3 is 20.8 Å². The van der Waals surface area contributed by atoms with E-state index in [4.69, 9.17) is 10.7 Å². The number of rotatable bonds is 4. The van der Waals surface area contributed by atoms with E-state index in [-0.39, 0.29) is 5.88 Å². The second kappa shape index (κ2) is 6.89. The number of aliphatic imine (C=N–C) groups is 1. The van der Waals surface area contributed by atoms with Crippen LogP contribution in [-0.2, 0) is 0 Å². The summed E-state index contributed by atoms with van der Waals surface area (Å²) in [7, 11) is 0. The van der Waals surface area contributed by atoms with E-state index in [1.807, 2.05) is 54.6 Å². The van der Waals surface area contributed by atoms with Crippen LogP contribution in [0.2, 0.25) is 0 Å². The summed E-state index contributed by atoms with van der Waals surface area (Å²) in [5.41, 5.74) is 9.91. The summed E-state index contributed by atoms with van der Waals surface area (Å²) >= 11 is 0. The molecular formula is C23H17N5O2. The second-order valence-electron chi connectivity index (χ2n) is 6.88. The zero-order valence-corrected chi connectivity index (χ0v) is 15.8. The number of imidazole rings is 1. The van der Waals surface area contributed by atoms with Crippen molar-refractivity contribution in [2.24, 2.45) is 10.7 Å². The first kappa shape index (κ1) is 17.7. The molecule has 0 aliphatic rings. The lowest BCUT2D eigenvalue weighted by Crippen LogP contribution is -2.10. The van der Waals surface area contributed by atoms with Gasteiger partial charge in [-0.25, -0.2) is 9.98 Å². The number of hydrogen-bond donors (Lipinski definition) is 4. The van der Waals surface area contributed by atoms with Gasteiger partial charge in [0.2, 0.25) is 11.9 Å². The van der Waals surface area contributed by atoms with Crippen molar-refractivity contribution in [3.8, 4) is 5.88 Å². The average Bonchev–Trinajstić information content (AvgIpc) is 3.31. The van der Waals surface area contributed by atoms with E-state index in [0.29, 0.717) is 33.7 Å². The Hall–Kier alpha value is -4.39. The van der Waals surface area contributed by atoms with Crippen molar-refractivity contribution in [1.82, 2.24) is 15.0 Å². The summed E-state index contributed by atoms with van der Waals surface area (Å²) in [5.74, 6) is -0.181. The zero-order valence-electron chi connectivity index (χ0n) is 15.8. The third kappa shape index (κ3) is 2.98. The van der Waals surface area contributed by atoms with Crippen LogP contribution < -0.4 is 5.73 Å². The van der Waals surface area contributed by atoms with Crippen molar-refractivity contribution in [2.45, 2.75) is 0 Å². The highest BCUT2D eigenvalue weighted by Gasteiger charge is 2.20. The number of aromatic hydroxyl groups is 1. The molecule has 0 bridgehead atoms. The maximum atomic E-state index is 11.7. The predicted molar refractivity (Wildman–Crippen MR) is 116 cm³/mol. The van der Waals surface area contributed by atoms with E-state index in [1.54, 1.807) is 18.2 Å². The molecule has 0 saturated heterocycles. The fourth-order valence-corrected chi connectivity index (χ4v) is 3.53. The topological polar surface area (TPSA) is 120 Å². The van der Waals surface area contributed by atoms with Crippen molar-refractivity contribution in [3.63, 3.8) is 0 Å². The van der Waals surface area contributed by atoms with Gasteiger partial charge in [0.1, 0.15) is 0 Å². The number of H-pyrrole nitrogens is 2. The van der Waals surface area contributed by atoms with Crippen molar-refractivity contribution in [1.29, 1.82) is 0 Å². The van der Waals surface area contributed by atoms with Gasteiger partial charge in [-0.3, -0.25) is 4.79 Å². The highest BCUT2D eigenvalue weighted by atomic mass is 16.3. The molecule has 0 atom stereocenters. The molecule has 0 saturated carbocycles. The van der Waals surface area contributed by atoms with Gasteiger partial charge in [-0.15, -0.1) is 0 Å². The largest absolute Gasteiger partial charge is 0.494 e. The fourth-order valence-electron chi connectivity index (χ4n) is 3.53. The Balaban J connectivity index is 1.78. The second-order valence-corrected chi connectivity index (χ2v) is 6.88. The first-order chi connectivity index (χ1) is 14.6. The van der Waals surface area contributed by atoms with Crippen LogP contribution in [-0.4, -0.2) is 31.7 Å². The lowest BCUT2D eigenvalue weighted by molar-refractivity contribution is 0.100. The molecule has 1 amide bonds. The lowest BCUT2D eigenvalue weighted by atomic mass is 10.00. The molecule has 2 aromatic heterocycles. The number of aromatic amines is 2. The van der Waals surface area contributed by atoms with Crippen LogP contribution in [0.1, 0.15) is 21.5 Å². The van der Waals surface area contributed by atoms with Gasteiger partial charge in [0.25, 0.3) is 0 Å². The molecule has 0 aliphatic heterocycles. The van der Waals surface area contributed by atoms with E-state index < -0.39 is 5.91 Å². The van der Waals surface area contributed by atoms with Gasteiger partial charge in [-0.2, -0.15) is 0 Å². The zero-order chi connectivity index (χ0) is 20.7. The minimum Gasteiger partial charge on any atom is -0.494 e. The first-order valence-corrected chi connectivity index (χ1v) is 9.34. The number of nitrogens with one attached hydrogen (secondary N) is 2.